The van der Waals surface area contributed by atoms with E-state index in [0.29, 0.717) is 19.6 Å². The third kappa shape index (κ3) is 4.99. The summed E-state index contributed by atoms with van der Waals surface area (Å²) in [5.41, 5.74) is -0.343. The van der Waals surface area contributed by atoms with Crippen LogP contribution in [0, 0.1) is 17.3 Å². The summed E-state index contributed by atoms with van der Waals surface area (Å²) in [6.07, 6.45) is 0.995. The molecule has 1 saturated heterocycles. The van der Waals surface area contributed by atoms with Crippen molar-refractivity contribution in [2.24, 2.45) is 17.3 Å². The van der Waals surface area contributed by atoms with Crippen LogP contribution in [-0.2, 0) is 9.59 Å². The first-order valence-corrected chi connectivity index (χ1v) is 7.86. The fraction of sp³-hybridized carbons (Fsp3) is 0.875. The molecule has 1 unspecified atom stereocenters. The fourth-order valence-electron chi connectivity index (χ4n) is 2.92. The van der Waals surface area contributed by atoms with Crippen molar-refractivity contribution < 1.29 is 14.7 Å². The number of nitrogens with zero attached hydrogens (tertiary/aromatic N) is 1. The van der Waals surface area contributed by atoms with Crippen molar-refractivity contribution in [1.29, 1.82) is 0 Å². The zero-order chi connectivity index (χ0) is 16.2. The molecule has 0 radical (unpaired) electrons. The summed E-state index contributed by atoms with van der Waals surface area (Å²) in [6, 6.07) is 0. The average Bonchev–Trinajstić information content (AvgIpc) is 2.43. The van der Waals surface area contributed by atoms with Crippen LogP contribution in [0.15, 0.2) is 0 Å². The zero-order valence-corrected chi connectivity index (χ0v) is 14.0. The lowest BCUT2D eigenvalue weighted by molar-refractivity contribution is -0.134. The molecule has 0 aromatic carbocycles. The standard InChI is InChI=1S/C16H30N2O3/c1-11(2)14(20)16(4,5)10-17-15(21)13-6-8-18(9-7-13)12(3)19/h11,13-14,20H,6-10H2,1-5H3,(H,17,21). The molecule has 21 heavy (non-hydrogen) atoms. The van der Waals surface area contributed by atoms with Gasteiger partial charge in [0, 0.05) is 37.9 Å². The van der Waals surface area contributed by atoms with E-state index in [4.69, 9.17) is 0 Å². The Labute approximate surface area is 128 Å². The molecule has 0 bridgehead atoms. The highest BCUT2D eigenvalue weighted by Crippen LogP contribution is 2.25. The van der Waals surface area contributed by atoms with Gasteiger partial charge >= 0.3 is 0 Å². The van der Waals surface area contributed by atoms with Crippen LogP contribution in [0.2, 0.25) is 0 Å². The number of aliphatic hydroxyl groups excluding tert-OH is 1. The highest BCUT2D eigenvalue weighted by molar-refractivity contribution is 5.79. The lowest BCUT2D eigenvalue weighted by Crippen LogP contribution is -2.47. The minimum absolute atomic E-state index is 0.0207. The van der Waals surface area contributed by atoms with Crippen molar-refractivity contribution in [1.82, 2.24) is 10.2 Å². The minimum Gasteiger partial charge on any atom is -0.392 e. The molecule has 1 aliphatic heterocycles. The predicted molar refractivity (Wildman–Crippen MR) is 82.6 cm³/mol. The molecular formula is C16H30N2O3. The van der Waals surface area contributed by atoms with E-state index < -0.39 is 6.10 Å². The van der Waals surface area contributed by atoms with Gasteiger partial charge in [0.15, 0.2) is 0 Å². The van der Waals surface area contributed by atoms with Crippen molar-refractivity contribution in [3.05, 3.63) is 0 Å². The molecule has 0 aromatic rings. The molecule has 122 valence electrons. The number of nitrogens with one attached hydrogen (secondary N) is 1. The number of aliphatic hydroxyl groups is 1. The summed E-state index contributed by atoms with van der Waals surface area (Å²) in [6.45, 7) is 11.2. The number of likely N-dealkylation sites (tertiary alicyclic amines) is 1. The Kier molecular flexibility index (Phi) is 6.20. The molecule has 5 heteroatoms. The van der Waals surface area contributed by atoms with Crippen molar-refractivity contribution in [2.45, 2.75) is 53.6 Å². The van der Waals surface area contributed by atoms with Gasteiger partial charge in [-0.25, -0.2) is 0 Å². The number of amides is 2. The monoisotopic (exact) mass is 298 g/mol. The smallest absolute Gasteiger partial charge is 0.223 e. The fourth-order valence-corrected chi connectivity index (χ4v) is 2.92. The van der Waals surface area contributed by atoms with Crippen LogP contribution in [0.25, 0.3) is 0 Å². The van der Waals surface area contributed by atoms with Gasteiger partial charge in [0.25, 0.3) is 0 Å². The second kappa shape index (κ2) is 7.25. The summed E-state index contributed by atoms with van der Waals surface area (Å²) in [5, 5.41) is 13.1. The van der Waals surface area contributed by atoms with Gasteiger partial charge in [-0.2, -0.15) is 0 Å². The van der Waals surface area contributed by atoms with E-state index in [-0.39, 0.29) is 29.1 Å². The molecule has 1 fully saturated rings. The molecule has 2 amide bonds. The van der Waals surface area contributed by atoms with E-state index in [9.17, 15) is 14.7 Å². The molecule has 0 spiro atoms. The van der Waals surface area contributed by atoms with Gasteiger partial charge in [-0.15, -0.1) is 0 Å². The number of hydrogen-bond donors (Lipinski definition) is 2. The summed E-state index contributed by atoms with van der Waals surface area (Å²) in [7, 11) is 0. The molecule has 0 aliphatic carbocycles. The van der Waals surface area contributed by atoms with Crippen molar-refractivity contribution in [3.63, 3.8) is 0 Å². The molecule has 0 aromatic heterocycles. The molecule has 2 N–H and O–H groups in total. The first-order chi connectivity index (χ1) is 9.65. The van der Waals surface area contributed by atoms with Crippen LogP contribution < -0.4 is 5.32 Å². The van der Waals surface area contributed by atoms with Gasteiger partial charge in [-0.05, 0) is 18.8 Å². The van der Waals surface area contributed by atoms with Crippen LogP contribution in [0.5, 0.6) is 0 Å². The molecule has 1 heterocycles. The maximum absolute atomic E-state index is 12.2. The number of hydrogen-bond acceptors (Lipinski definition) is 3. The Morgan fingerprint density at radius 1 is 1.29 bits per heavy atom. The zero-order valence-electron chi connectivity index (χ0n) is 14.0. The quantitative estimate of drug-likeness (QED) is 0.806. The number of piperidine rings is 1. The topological polar surface area (TPSA) is 69.6 Å². The molecule has 1 rings (SSSR count). The lowest BCUT2D eigenvalue weighted by atomic mass is 9.80. The van der Waals surface area contributed by atoms with E-state index >= 15 is 0 Å². The van der Waals surface area contributed by atoms with Gasteiger partial charge in [0.05, 0.1) is 6.10 Å². The summed E-state index contributed by atoms with van der Waals surface area (Å²) < 4.78 is 0. The Bertz CT molecular complexity index is 372. The number of carbonyl (C=O) groups excluding carboxylic acids is 2. The van der Waals surface area contributed by atoms with E-state index in [2.05, 4.69) is 5.32 Å². The lowest BCUT2D eigenvalue weighted by Gasteiger charge is -2.35. The Balaban J connectivity index is 2.43. The first kappa shape index (κ1) is 18.0. The SMILES string of the molecule is CC(=O)N1CCC(C(=O)NCC(C)(C)C(O)C(C)C)CC1. The van der Waals surface area contributed by atoms with Crippen LogP contribution in [-0.4, -0.2) is 47.6 Å². The van der Waals surface area contributed by atoms with Gasteiger partial charge < -0.3 is 15.3 Å². The van der Waals surface area contributed by atoms with E-state index in [1.165, 1.54) is 0 Å². The van der Waals surface area contributed by atoms with Crippen LogP contribution in [0.4, 0.5) is 0 Å². The largest absolute Gasteiger partial charge is 0.392 e. The van der Waals surface area contributed by atoms with Crippen molar-refractivity contribution >= 4 is 11.8 Å². The van der Waals surface area contributed by atoms with E-state index in [1.54, 1.807) is 11.8 Å². The Morgan fingerprint density at radius 2 is 1.81 bits per heavy atom. The summed E-state index contributed by atoms with van der Waals surface area (Å²) in [4.78, 5) is 25.3. The molecule has 1 atom stereocenters. The van der Waals surface area contributed by atoms with Gasteiger partial charge in [-0.1, -0.05) is 27.7 Å². The predicted octanol–water partition coefficient (Wildman–Crippen LogP) is 1.40. The number of carbonyl (C=O) groups is 2. The van der Waals surface area contributed by atoms with Crippen LogP contribution >= 0.6 is 0 Å². The first-order valence-electron chi connectivity index (χ1n) is 7.86. The van der Waals surface area contributed by atoms with Gasteiger partial charge in [0.1, 0.15) is 0 Å². The van der Waals surface area contributed by atoms with Crippen molar-refractivity contribution in [2.75, 3.05) is 19.6 Å². The van der Waals surface area contributed by atoms with Crippen LogP contribution in [0.1, 0.15) is 47.5 Å². The van der Waals surface area contributed by atoms with E-state index in [0.717, 1.165) is 12.8 Å². The Morgan fingerprint density at radius 3 is 2.24 bits per heavy atom. The Hall–Kier alpha value is -1.10. The average molecular weight is 298 g/mol. The second-order valence-corrected chi connectivity index (χ2v) is 7.18. The highest BCUT2D eigenvalue weighted by atomic mass is 16.3. The number of rotatable bonds is 5. The molecular weight excluding hydrogens is 268 g/mol. The van der Waals surface area contributed by atoms with Crippen molar-refractivity contribution in [3.8, 4) is 0 Å². The third-order valence-corrected chi connectivity index (χ3v) is 4.46. The maximum Gasteiger partial charge on any atom is 0.223 e. The normalized spacial score (nSPS) is 18.7. The minimum atomic E-state index is -0.447. The molecule has 0 saturated carbocycles. The third-order valence-electron chi connectivity index (χ3n) is 4.46. The van der Waals surface area contributed by atoms with Crippen LogP contribution in [0.3, 0.4) is 0 Å². The molecule has 1 aliphatic rings. The molecule has 5 nitrogen and oxygen atoms in total. The summed E-state index contributed by atoms with van der Waals surface area (Å²) >= 11 is 0. The second-order valence-electron chi connectivity index (χ2n) is 7.18. The van der Waals surface area contributed by atoms with E-state index in [1.807, 2.05) is 27.7 Å². The van der Waals surface area contributed by atoms with Gasteiger partial charge in [0.2, 0.25) is 11.8 Å². The highest BCUT2D eigenvalue weighted by Gasteiger charge is 2.32. The van der Waals surface area contributed by atoms with Gasteiger partial charge in [-0.3, -0.25) is 9.59 Å². The summed E-state index contributed by atoms with van der Waals surface area (Å²) in [5.74, 6) is 0.264. The maximum atomic E-state index is 12.2.